The minimum absolute atomic E-state index is 0. The minimum Gasteiger partial charge on any atom is -0.461 e. The summed E-state index contributed by atoms with van der Waals surface area (Å²) in [5, 5.41) is 2.91. The third-order valence-corrected chi connectivity index (χ3v) is 5.04. The molecule has 2 aliphatic carbocycles. The lowest BCUT2D eigenvalue weighted by Gasteiger charge is -2.26. The van der Waals surface area contributed by atoms with E-state index in [2.05, 4.69) is 5.32 Å². The molecule has 0 aliphatic heterocycles. The van der Waals surface area contributed by atoms with E-state index in [4.69, 9.17) is 10.5 Å². The van der Waals surface area contributed by atoms with Gasteiger partial charge < -0.3 is 20.4 Å². The van der Waals surface area contributed by atoms with E-state index in [-0.39, 0.29) is 36.2 Å². The number of fused-ring (bicyclic) bond motifs is 2. The lowest BCUT2D eigenvalue weighted by atomic mass is 9.84. The fraction of sp³-hybridized carbons (Fsp3) is 0.625. The molecule has 6 nitrogen and oxygen atoms in total. The summed E-state index contributed by atoms with van der Waals surface area (Å²) in [5.74, 6) is 0.382. The number of amides is 1. The number of nitrogens with one attached hydrogen (secondary N) is 1. The van der Waals surface area contributed by atoms with Crippen molar-refractivity contribution in [2.75, 3.05) is 11.9 Å². The van der Waals surface area contributed by atoms with E-state index < -0.39 is 0 Å². The third-order valence-electron chi connectivity index (χ3n) is 5.04. The van der Waals surface area contributed by atoms with Gasteiger partial charge in [0.25, 0.3) is 0 Å². The number of carbonyl (C=O) groups is 2. The first-order valence-electron chi connectivity index (χ1n) is 7.91. The van der Waals surface area contributed by atoms with Crippen LogP contribution in [-0.4, -0.2) is 29.1 Å². The highest BCUT2D eigenvalue weighted by Crippen LogP contribution is 2.47. The fourth-order valence-corrected chi connectivity index (χ4v) is 3.99. The molecule has 1 aromatic rings. The van der Waals surface area contributed by atoms with Crippen LogP contribution >= 0.6 is 12.4 Å². The van der Waals surface area contributed by atoms with Crippen molar-refractivity contribution in [3.05, 3.63) is 18.0 Å². The highest BCUT2D eigenvalue weighted by atomic mass is 35.5. The summed E-state index contributed by atoms with van der Waals surface area (Å²) in [6.45, 7) is 2.09. The molecule has 2 fully saturated rings. The smallest absolute Gasteiger partial charge is 0.355 e. The van der Waals surface area contributed by atoms with E-state index in [1.807, 2.05) is 0 Å². The number of anilines is 1. The number of aromatic nitrogens is 1. The number of rotatable bonds is 4. The molecule has 2 aliphatic rings. The molecule has 128 valence electrons. The van der Waals surface area contributed by atoms with Crippen LogP contribution in [0.15, 0.2) is 12.3 Å². The van der Waals surface area contributed by atoms with Gasteiger partial charge in [-0.15, -0.1) is 12.4 Å². The van der Waals surface area contributed by atoms with Crippen LogP contribution in [0.3, 0.4) is 0 Å². The zero-order chi connectivity index (χ0) is 15.9. The van der Waals surface area contributed by atoms with E-state index in [0.29, 0.717) is 29.8 Å². The van der Waals surface area contributed by atoms with Crippen LogP contribution in [0.1, 0.15) is 36.7 Å². The van der Waals surface area contributed by atoms with Crippen molar-refractivity contribution >= 4 is 30.0 Å². The van der Waals surface area contributed by atoms with Gasteiger partial charge in [-0.05, 0) is 44.1 Å². The number of hydrogen-bond donors (Lipinski definition) is 2. The van der Waals surface area contributed by atoms with Crippen LogP contribution in [0.25, 0.3) is 0 Å². The molecule has 2 bridgehead atoms. The van der Waals surface area contributed by atoms with Crippen LogP contribution in [0.5, 0.6) is 0 Å². The first-order valence-corrected chi connectivity index (χ1v) is 7.91. The Labute approximate surface area is 142 Å². The molecule has 7 heteroatoms. The van der Waals surface area contributed by atoms with Crippen LogP contribution in [0.4, 0.5) is 5.69 Å². The summed E-state index contributed by atoms with van der Waals surface area (Å²) in [7, 11) is 1.76. The van der Waals surface area contributed by atoms with Crippen molar-refractivity contribution < 1.29 is 14.3 Å². The van der Waals surface area contributed by atoms with Crippen molar-refractivity contribution in [3.63, 3.8) is 0 Å². The lowest BCUT2D eigenvalue weighted by molar-refractivity contribution is -0.121. The first-order chi connectivity index (χ1) is 10.5. The molecule has 0 aromatic carbocycles. The largest absolute Gasteiger partial charge is 0.461 e. The van der Waals surface area contributed by atoms with Gasteiger partial charge in [0.2, 0.25) is 5.91 Å². The second kappa shape index (κ2) is 6.93. The predicted octanol–water partition coefficient (Wildman–Crippen LogP) is 1.94. The van der Waals surface area contributed by atoms with Crippen molar-refractivity contribution in [2.24, 2.45) is 30.5 Å². The fourth-order valence-electron chi connectivity index (χ4n) is 3.99. The Kier molecular flexibility index (Phi) is 5.37. The summed E-state index contributed by atoms with van der Waals surface area (Å²) in [6.07, 6.45) is 5.04. The zero-order valence-electron chi connectivity index (χ0n) is 13.5. The summed E-state index contributed by atoms with van der Waals surface area (Å²) in [6, 6.07) is 1.61. The predicted molar refractivity (Wildman–Crippen MR) is 89.5 cm³/mol. The quantitative estimate of drug-likeness (QED) is 0.819. The molecule has 0 saturated heterocycles. The number of aryl methyl sites for hydroxylation is 1. The first kappa shape index (κ1) is 17.8. The number of hydrogen-bond acceptors (Lipinski definition) is 4. The van der Waals surface area contributed by atoms with Crippen LogP contribution < -0.4 is 11.1 Å². The average molecular weight is 342 g/mol. The van der Waals surface area contributed by atoms with Crippen molar-refractivity contribution in [2.45, 2.75) is 32.2 Å². The van der Waals surface area contributed by atoms with E-state index in [1.54, 1.807) is 30.8 Å². The second-order valence-electron chi connectivity index (χ2n) is 6.37. The highest BCUT2D eigenvalue weighted by molar-refractivity contribution is 5.96. The SMILES string of the molecule is CCOC(=O)c1cc(NC(=O)C2C3CCC(C3)C2N)cn1C.Cl. The molecule has 0 radical (unpaired) electrons. The highest BCUT2D eigenvalue weighted by Gasteiger charge is 2.49. The van der Waals surface area contributed by atoms with E-state index in [0.717, 1.165) is 19.3 Å². The van der Waals surface area contributed by atoms with Crippen LogP contribution in [-0.2, 0) is 16.6 Å². The van der Waals surface area contributed by atoms with Crippen molar-refractivity contribution in [1.29, 1.82) is 0 Å². The Bertz CT molecular complexity index is 599. The molecule has 1 aromatic heterocycles. The number of carbonyl (C=O) groups excluding carboxylic acids is 2. The molecule has 1 heterocycles. The van der Waals surface area contributed by atoms with Gasteiger partial charge in [0.15, 0.2) is 0 Å². The Morgan fingerprint density at radius 3 is 2.70 bits per heavy atom. The van der Waals surface area contributed by atoms with Gasteiger partial charge in [0.1, 0.15) is 5.69 Å². The van der Waals surface area contributed by atoms with Gasteiger partial charge in [-0.2, -0.15) is 0 Å². The number of ether oxygens (including phenoxy) is 1. The molecule has 3 N–H and O–H groups in total. The Morgan fingerprint density at radius 2 is 2.09 bits per heavy atom. The summed E-state index contributed by atoms with van der Waals surface area (Å²) < 4.78 is 6.65. The molecule has 1 amide bonds. The Balaban J connectivity index is 0.00000192. The summed E-state index contributed by atoms with van der Waals surface area (Å²) in [5.41, 5.74) is 7.24. The van der Waals surface area contributed by atoms with E-state index in [1.165, 1.54) is 0 Å². The lowest BCUT2D eigenvalue weighted by Crippen LogP contribution is -2.42. The van der Waals surface area contributed by atoms with Crippen molar-refractivity contribution in [3.8, 4) is 0 Å². The molecule has 2 saturated carbocycles. The molecule has 4 unspecified atom stereocenters. The second-order valence-corrected chi connectivity index (χ2v) is 6.37. The van der Waals surface area contributed by atoms with E-state index in [9.17, 15) is 9.59 Å². The Morgan fingerprint density at radius 1 is 1.39 bits per heavy atom. The van der Waals surface area contributed by atoms with Gasteiger partial charge >= 0.3 is 5.97 Å². The van der Waals surface area contributed by atoms with Gasteiger partial charge in [0, 0.05) is 19.3 Å². The molecule has 23 heavy (non-hydrogen) atoms. The van der Waals surface area contributed by atoms with Crippen molar-refractivity contribution in [1.82, 2.24) is 4.57 Å². The topological polar surface area (TPSA) is 86.3 Å². The molecule has 4 atom stereocenters. The zero-order valence-corrected chi connectivity index (χ0v) is 14.3. The average Bonchev–Trinajstić information content (AvgIpc) is 3.13. The summed E-state index contributed by atoms with van der Waals surface area (Å²) >= 11 is 0. The molecular weight excluding hydrogens is 318 g/mol. The number of nitrogens with two attached hydrogens (primary N) is 1. The third kappa shape index (κ3) is 3.23. The molecule has 0 spiro atoms. The number of nitrogens with zero attached hydrogens (tertiary/aromatic N) is 1. The standard InChI is InChI=1S/C16H23N3O3.ClH/c1-3-22-16(21)12-7-11(8-19(12)2)18-15(20)13-9-4-5-10(6-9)14(13)17;/h7-10,13-14H,3-6,17H2,1-2H3,(H,18,20);1H. The van der Waals surface area contributed by atoms with Crippen LogP contribution in [0.2, 0.25) is 0 Å². The minimum atomic E-state index is -0.387. The van der Waals surface area contributed by atoms with Crippen LogP contribution in [0, 0.1) is 17.8 Å². The molecular formula is C16H24ClN3O3. The van der Waals surface area contributed by atoms with Gasteiger partial charge in [-0.25, -0.2) is 4.79 Å². The maximum atomic E-state index is 12.5. The number of halogens is 1. The monoisotopic (exact) mass is 341 g/mol. The maximum absolute atomic E-state index is 12.5. The van der Waals surface area contributed by atoms with Gasteiger partial charge in [-0.1, -0.05) is 0 Å². The number of esters is 1. The normalized spacial score (nSPS) is 28.3. The van der Waals surface area contributed by atoms with E-state index >= 15 is 0 Å². The Hall–Kier alpha value is -1.53. The molecule has 3 rings (SSSR count). The van der Waals surface area contributed by atoms with Gasteiger partial charge in [0.05, 0.1) is 18.2 Å². The van der Waals surface area contributed by atoms with Gasteiger partial charge in [-0.3, -0.25) is 4.79 Å². The maximum Gasteiger partial charge on any atom is 0.355 e. The summed E-state index contributed by atoms with van der Waals surface area (Å²) in [4.78, 5) is 24.3.